The normalized spacial score (nSPS) is 14.4. The first-order valence-corrected chi connectivity index (χ1v) is 12.4. The molecule has 200 valence electrons. The van der Waals surface area contributed by atoms with E-state index in [1.54, 1.807) is 42.6 Å². The maximum absolute atomic E-state index is 13.4. The van der Waals surface area contributed by atoms with Crippen LogP contribution in [-0.4, -0.2) is 30.1 Å². The number of hydrogen-bond donors (Lipinski definition) is 0. The lowest BCUT2D eigenvalue weighted by Crippen LogP contribution is -2.24. The summed E-state index contributed by atoms with van der Waals surface area (Å²) < 4.78 is 47.7. The smallest absolute Gasteiger partial charge is 0.387 e. The van der Waals surface area contributed by atoms with Crippen molar-refractivity contribution in [1.29, 1.82) is 0 Å². The Morgan fingerprint density at radius 1 is 1.03 bits per heavy atom. The first kappa shape index (κ1) is 27.3. The highest BCUT2D eigenvalue weighted by Gasteiger charge is 2.30. The molecule has 2 atom stereocenters. The minimum absolute atomic E-state index is 0.108. The van der Waals surface area contributed by atoms with Gasteiger partial charge in [0.15, 0.2) is 11.5 Å². The summed E-state index contributed by atoms with van der Waals surface area (Å²) in [6.45, 7) is -1.49. The zero-order valence-electron chi connectivity index (χ0n) is 20.5. The summed E-state index contributed by atoms with van der Waals surface area (Å²) in [5, 5.41) is 0.357. The standard InChI is InChI=1S/C28H26ClF2NO6/c1-17(33)36-26(19-5-3-2-4-6-19)27(34)37-24(13-20-11-12-32-15-22(20)29)21-9-10-23(38-28(30)31)25(14-21)35-16-18-7-8-18/h2-6,9-12,14-15,18,24,26,28H,7-8,13,16H2,1H3. The number of halogens is 3. The zero-order valence-corrected chi connectivity index (χ0v) is 21.3. The Hall–Kier alpha value is -3.72. The fourth-order valence-electron chi connectivity index (χ4n) is 3.77. The molecule has 1 heterocycles. The van der Waals surface area contributed by atoms with Crippen LogP contribution in [0.5, 0.6) is 11.5 Å². The average Bonchev–Trinajstić information content (AvgIpc) is 3.72. The van der Waals surface area contributed by atoms with Crippen LogP contribution < -0.4 is 9.47 Å². The van der Waals surface area contributed by atoms with E-state index in [0.717, 1.165) is 12.8 Å². The lowest BCUT2D eigenvalue weighted by molar-refractivity contribution is -0.171. The van der Waals surface area contributed by atoms with Gasteiger partial charge in [0.1, 0.15) is 6.10 Å². The average molecular weight is 546 g/mol. The van der Waals surface area contributed by atoms with Crippen LogP contribution >= 0.6 is 11.6 Å². The van der Waals surface area contributed by atoms with Gasteiger partial charge in [0.25, 0.3) is 0 Å². The summed E-state index contributed by atoms with van der Waals surface area (Å²) in [4.78, 5) is 29.1. The number of carbonyl (C=O) groups excluding carboxylic acids is 2. The van der Waals surface area contributed by atoms with Gasteiger partial charge < -0.3 is 18.9 Å². The van der Waals surface area contributed by atoms with Crippen molar-refractivity contribution < 1.29 is 37.3 Å². The first-order chi connectivity index (χ1) is 18.3. The molecule has 2 aromatic carbocycles. The number of alkyl halides is 2. The number of rotatable bonds is 12. The number of carbonyl (C=O) groups is 2. The highest BCUT2D eigenvalue weighted by Crippen LogP contribution is 2.37. The maximum Gasteiger partial charge on any atom is 0.387 e. The third-order valence-corrected chi connectivity index (χ3v) is 6.19. The van der Waals surface area contributed by atoms with Crippen molar-refractivity contribution in [3.05, 3.63) is 88.7 Å². The van der Waals surface area contributed by atoms with Crippen molar-refractivity contribution in [1.82, 2.24) is 4.98 Å². The number of pyridine rings is 1. The Morgan fingerprint density at radius 3 is 2.45 bits per heavy atom. The Balaban J connectivity index is 1.67. The van der Waals surface area contributed by atoms with Crippen molar-refractivity contribution in [2.24, 2.45) is 5.92 Å². The molecule has 1 fully saturated rings. The second-order valence-corrected chi connectivity index (χ2v) is 9.24. The summed E-state index contributed by atoms with van der Waals surface area (Å²) in [6.07, 6.45) is 2.90. The summed E-state index contributed by atoms with van der Waals surface area (Å²) in [7, 11) is 0. The molecule has 1 aliphatic carbocycles. The molecule has 0 aliphatic heterocycles. The molecular formula is C28H26ClF2NO6. The van der Waals surface area contributed by atoms with Gasteiger partial charge in [-0.3, -0.25) is 9.78 Å². The SMILES string of the molecule is CC(=O)OC(C(=O)OC(Cc1ccncc1Cl)c1ccc(OC(F)F)c(OCC2CC2)c1)c1ccccc1. The molecule has 1 aromatic heterocycles. The van der Waals surface area contributed by atoms with Crippen LogP contribution in [-0.2, 0) is 25.5 Å². The van der Waals surface area contributed by atoms with Crippen LogP contribution in [0.3, 0.4) is 0 Å². The molecule has 38 heavy (non-hydrogen) atoms. The highest BCUT2D eigenvalue weighted by molar-refractivity contribution is 6.31. The number of hydrogen-bond acceptors (Lipinski definition) is 7. The molecule has 4 rings (SSSR count). The van der Waals surface area contributed by atoms with Crippen molar-refractivity contribution >= 4 is 23.5 Å². The topological polar surface area (TPSA) is 84.0 Å². The minimum Gasteiger partial charge on any atom is -0.489 e. The first-order valence-electron chi connectivity index (χ1n) is 12.0. The molecule has 1 aliphatic rings. The van der Waals surface area contributed by atoms with Gasteiger partial charge in [-0.1, -0.05) is 48.0 Å². The summed E-state index contributed by atoms with van der Waals surface area (Å²) >= 11 is 6.32. The summed E-state index contributed by atoms with van der Waals surface area (Å²) in [6, 6.07) is 14.5. The molecule has 1 saturated carbocycles. The molecule has 2 unspecified atom stereocenters. The molecular weight excluding hydrogens is 520 g/mol. The van der Waals surface area contributed by atoms with E-state index in [2.05, 4.69) is 9.72 Å². The van der Waals surface area contributed by atoms with Gasteiger partial charge in [-0.15, -0.1) is 0 Å². The molecule has 0 amide bonds. The second kappa shape index (κ2) is 12.7. The fourth-order valence-corrected chi connectivity index (χ4v) is 3.96. The van der Waals surface area contributed by atoms with E-state index in [1.807, 2.05) is 0 Å². The number of nitrogens with zero attached hydrogens (tertiary/aromatic N) is 1. The van der Waals surface area contributed by atoms with Gasteiger partial charge in [-0.25, -0.2) is 4.79 Å². The van der Waals surface area contributed by atoms with Crippen LogP contribution in [0, 0.1) is 5.92 Å². The van der Waals surface area contributed by atoms with Crippen LogP contribution in [0.25, 0.3) is 0 Å². The predicted octanol–water partition coefficient (Wildman–Crippen LogP) is 6.26. The van der Waals surface area contributed by atoms with Crippen molar-refractivity contribution in [3.63, 3.8) is 0 Å². The fraction of sp³-hybridized carbons (Fsp3) is 0.321. The van der Waals surface area contributed by atoms with E-state index in [9.17, 15) is 18.4 Å². The lowest BCUT2D eigenvalue weighted by Gasteiger charge is -2.24. The lowest BCUT2D eigenvalue weighted by atomic mass is 10.0. The van der Waals surface area contributed by atoms with E-state index in [1.165, 1.54) is 31.3 Å². The molecule has 10 heteroatoms. The number of ether oxygens (including phenoxy) is 4. The summed E-state index contributed by atoms with van der Waals surface area (Å²) in [5.74, 6) is -1.13. The Kier molecular flexibility index (Phi) is 9.12. The number of aromatic nitrogens is 1. The maximum atomic E-state index is 13.4. The molecule has 0 N–H and O–H groups in total. The molecule has 0 spiro atoms. The molecule has 0 saturated heterocycles. The molecule has 0 bridgehead atoms. The minimum atomic E-state index is -3.04. The highest BCUT2D eigenvalue weighted by atomic mass is 35.5. The third kappa shape index (κ3) is 7.64. The van der Waals surface area contributed by atoms with E-state index >= 15 is 0 Å². The second-order valence-electron chi connectivity index (χ2n) is 8.84. The van der Waals surface area contributed by atoms with Crippen LogP contribution in [0.2, 0.25) is 5.02 Å². The van der Waals surface area contributed by atoms with Gasteiger partial charge in [0.2, 0.25) is 6.10 Å². The Labute approximate surface area is 223 Å². The van der Waals surface area contributed by atoms with E-state index in [0.29, 0.717) is 34.2 Å². The van der Waals surface area contributed by atoms with Crippen molar-refractivity contribution in [2.75, 3.05) is 6.61 Å². The van der Waals surface area contributed by atoms with Gasteiger partial charge >= 0.3 is 18.6 Å². The van der Waals surface area contributed by atoms with Gasteiger partial charge in [-0.05, 0) is 48.1 Å². The number of esters is 2. The third-order valence-electron chi connectivity index (χ3n) is 5.85. The Morgan fingerprint density at radius 2 is 1.79 bits per heavy atom. The molecule has 7 nitrogen and oxygen atoms in total. The van der Waals surface area contributed by atoms with Gasteiger partial charge in [0.05, 0.1) is 11.6 Å². The molecule has 0 radical (unpaired) electrons. The van der Waals surface area contributed by atoms with Crippen molar-refractivity contribution in [3.8, 4) is 11.5 Å². The van der Waals surface area contributed by atoms with Crippen LogP contribution in [0.1, 0.15) is 48.7 Å². The van der Waals surface area contributed by atoms with Gasteiger partial charge in [-0.2, -0.15) is 8.78 Å². The van der Waals surface area contributed by atoms with E-state index in [-0.39, 0.29) is 17.9 Å². The number of benzene rings is 2. The largest absolute Gasteiger partial charge is 0.489 e. The van der Waals surface area contributed by atoms with E-state index in [4.69, 9.17) is 25.8 Å². The van der Waals surface area contributed by atoms with E-state index < -0.39 is 30.8 Å². The van der Waals surface area contributed by atoms with Gasteiger partial charge in [0, 0.05) is 31.3 Å². The summed E-state index contributed by atoms with van der Waals surface area (Å²) in [5.41, 5.74) is 1.52. The Bertz CT molecular complexity index is 1260. The quantitative estimate of drug-likeness (QED) is 0.248. The van der Waals surface area contributed by atoms with Crippen molar-refractivity contribution in [2.45, 2.75) is 45.0 Å². The van der Waals surface area contributed by atoms with Crippen LogP contribution in [0.4, 0.5) is 8.78 Å². The zero-order chi connectivity index (χ0) is 27.1. The molecule has 3 aromatic rings. The predicted molar refractivity (Wildman–Crippen MR) is 134 cm³/mol. The van der Waals surface area contributed by atoms with Crippen LogP contribution in [0.15, 0.2) is 67.0 Å². The monoisotopic (exact) mass is 545 g/mol.